The van der Waals surface area contributed by atoms with Gasteiger partial charge >= 0.3 is 0 Å². The van der Waals surface area contributed by atoms with Crippen LogP contribution in [0.3, 0.4) is 0 Å². The summed E-state index contributed by atoms with van der Waals surface area (Å²) in [6, 6.07) is 2.97. The Balaban J connectivity index is 1.63. The Morgan fingerprint density at radius 3 is 2.79 bits per heavy atom. The molecule has 0 saturated carbocycles. The summed E-state index contributed by atoms with van der Waals surface area (Å²) in [5.74, 6) is 0.743. The first-order chi connectivity index (χ1) is 13.4. The van der Waals surface area contributed by atoms with Crippen LogP contribution < -0.4 is 4.74 Å². The molecule has 1 aliphatic heterocycles. The van der Waals surface area contributed by atoms with Crippen molar-refractivity contribution in [3.63, 3.8) is 0 Å². The summed E-state index contributed by atoms with van der Waals surface area (Å²) < 4.78 is 20.1. The maximum atomic E-state index is 12.4. The van der Waals surface area contributed by atoms with Crippen LogP contribution >= 0.6 is 0 Å². The van der Waals surface area contributed by atoms with Crippen LogP contribution in [-0.2, 0) is 5.41 Å². The highest BCUT2D eigenvalue weighted by Gasteiger charge is 2.30. The number of hydrogen-bond donors (Lipinski definition) is 0. The summed E-state index contributed by atoms with van der Waals surface area (Å²) in [5.41, 5.74) is 1.59. The molecule has 0 amide bonds. The van der Waals surface area contributed by atoms with Gasteiger partial charge in [0.15, 0.2) is 0 Å². The number of nitrogens with zero attached hydrogens (tertiary/aromatic N) is 5. The van der Waals surface area contributed by atoms with Gasteiger partial charge in [-0.25, -0.2) is 4.68 Å². The SMILES string of the molecule is CC(C)N1CC[C@H]1COc1cncc(-n2cc(C(C)(C)CCCCF)nn2)c1. The van der Waals surface area contributed by atoms with Gasteiger partial charge in [-0.1, -0.05) is 19.1 Å². The molecule has 0 N–H and O–H groups in total. The van der Waals surface area contributed by atoms with Crippen LogP contribution in [0, 0.1) is 0 Å². The van der Waals surface area contributed by atoms with E-state index in [1.165, 1.54) is 6.42 Å². The van der Waals surface area contributed by atoms with Crippen LogP contribution in [-0.4, -0.2) is 56.8 Å². The average Bonchev–Trinajstić information content (AvgIpc) is 3.12. The first kappa shape index (κ1) is 20.7. The molecular weight excluding hydrogens is 357 g/mol. The third-order valence-corrected chi connectivity index (χ3v) is 5.63. The Morgan fingerprint density at radius 1 is 1.29 bits per heavy atom. The average molecular weight is 390 g/mol. The summed E-state index contributed by atoms with van der Waals surface area (Å²) >= 11 is 0. The molecule has 1 atom stereocenters. The van der Waals surface area contributed by atoms with E-state index in [0.717, 1.165) is 36.5 Å². The van der Waals surface area contributed by atoms with Crippen molar-refractivity contribution in [2.45, 2.75) is 70.9 Å². The van der Waals surface area contributed by atoms with Crippen molar-refractivity contribution >= 4 is 0 Å². The quantitative estimate of drug-likeness (QED) is 0.576. The first-order valence-electron chi connectivity index (χ1n) is 10.2. The highest BCUT2D eigenvalue weighted by molar-refractivity contribution is 5.35. The second kappa shape index (κ2) is 8.99. The molecule has 1 fully saturated rings. The lowest BCUT2D eigenvalue weighted by molar-refractivity contribution is 0.0241. The molecule has 3 rings (SSSR count). The Hall–Kier alpha value is -2.02. The minimum atomic E-state index is -0.267. The van der Waals surface area contributed by atoms with Crippen LogP contribution in [0.15, 0.2) is 24.7 Å². The Labute approximate surface area is 167 Å². The van der Waals surface area contributed by atoms with E-state index in [9.17, 15) is 4.39 Å². The highest BCUT2D eigenvalue weighted by Crippen LogP contribution is 2.28. The summed E-state index contributed by atoms with van der Waals surface area (Å²) in [6.45, 7) is 10.2. The van der Waals surface area contributed by atoms with E-state index in [4.69, 9.17) is 4.74 Å². The lowest BCUT2D eigenvalue weighted by Crippen LogP contribution is -2.54. The van der Waals surface area contributed by atoms with E-state index in [0.29, 0.717) is 25.1 Å². The Kier molecular flexibility index (Phi) is 6.65. The molecule has 1 aliphatic rings. The summed E-state index contributed by atoms with van der Waals surface area (Å²) in [4.78, 5) is 6.75. The third kappa shape index (κ3) is 4.87. The van der Waals surface area contributed by atoms with Crippen molar-refractivity contribution in [2.24, 2.45) is 0 Å². The zero-order valence-electron chi connectivity index (χ0n) is 17.4. The smallest absolute Gasteiger partial charge is 0.139 e. The van der Waals surface area contributed by atoms with Crippen molar-refractivity contribution in [1.29, 1.82) is 0 Å². The van der Waals surface area contributed by atoms with Crippen LogP contribution in [0.5, 0.6) is 5.75 Å². The number of hydrogen-bond acceptors (Lipinski definition) is 5. The van der Waals surface area contributed by atoms with Crippen molar-refractivity contribution in [2.75, 3.05) is 19.8 Å². The number of ether oxygens (including phenoxy) is 1. The van der Waals surface area contributed by atoms with Gasteiger partial charge in [0, 0.05) is 30.1 Å². The zero-order valence-corrected chi connectivity index (χ0v) is 17.4. The molecule has 2 aromatic rings. The van der Waals surface area contributed by atoms with Crippen LogP contribution in [0.1, 0.15) is 59.1 Å². The molecule has 0 radical (unpaired) electrons. The lowest BCUT2D eigenvalue weighted by atomic mass is 9.84. The molecule has 28 heavy (non-hydrogen) atoms. The minimum Gasteiger partial charge on any atom is -0.490 e. The van der Waals surface area contributed by atoms with Crippen LogP contribution in [0.2, 0.25) is 0 Å². The van der Waals surface area contributed by atoms with E-state index in [2.05, 4.69) is 47.9 Å². The molecule has 1 saturated heterocycles. The summed E-state index contributed by atoms with van der Waals surface area (Å²) in [7, 11) is 0. The predicted octanol–water partition coefficient (Wildman–Crippen LogP) is 3.94. The van der Waals surface area contributed by atoms with Gasteiger partial charge in [0.1, 0.15) is 12.4 Å². The van der Waals surface area contributed by atoms with E-state index in [-0.39, 0.29) is 12.1 Å². The van der Waals surface area contributed by atoms with Gasteiger partial charge in [0.2, 0.25) is 0 Å². The number of alkyl halides is 1. The fraction of sp³-hybridized carbons (Fsp3) is 0.667. The molecule has 0 unspecified atom stereocenters. The number of pyridine rings is 1. The molecule has 2 aromatic heterocycles. The largest absolute Gasteiger partial charge is 0.490 e. The number of unbranched alkanes of at least 4 members (excludes halogenated alkanes) is 1. The van der Waals surface area contributed by atoms with Crippen molar-refractivity contribution in [3.05, 3.63) is 30.4 Å². The van der Waals surface area contributed by atoms with Gasteiger partial charge in [-0.3, -0.25) is 14.3 Å². The van der Waals surface area contributed by atoms with Gasteiger partial charge in [-0.05, 0) is 39.5 Å². The van der Waals surface area contributed by atoms with E-state index in [1.54, 1.807) is 17.1 Å². The summed E-state index contributed by atoms with van der Waals surface area (Å²) in [5, 5.41) is 8.61. The van der Waals surface area contributed by atoms with E-state index >= 15 is 0 Å². The Morgan fingerprint density at radius 2 is 2.11 bits per heavy atom. The monoisotopic (exact) mass is 389 g/mol. The fourth-order valence-electron chi connectivity index (χ4n) is 3.61. The molecule has 0 aliphatic carbocycles. The molecule has 0 aromatic carbocycles. The second-order valence-electron chi connectivity index (χ2n) is 8.54. The van der Waals surface area contributed by atoms with E-state index in [1.807, 2.05) is 12.3 Å². The van der Waals surface area contributed by atoms with E-state index < -0.39 is 0 Å². The third-order valence-electron chi connectivity index (χ3n) is 5.63. The van der Waals surface area contributed by atoms with Gasteiger partial charge in [-0.2, -0.15) is 0 Å². The standard InChI is InChI=1S/C21H32FN5O/c1-16(2)26-10-7-17(26)15-28-19-11-18(12-23-13-19)27-14-20(24-25-27)21(3,4)8-5-6-9-22/h11-14,16-17H,5-10,15H2,1-4H3/t17-/m0/s1. The normalized spacial score (nSPS) is 17.7. The van der Waals surface area contributed by atoms with Gasteiger partial charge in [0.25, 0.3) is 0 Å². The number of rotatable bonds is 10. The van der Waals surface area contributed by atoms with Crippen molar-refractivity contribution in [1.82, 2.24) is 24.9 Å². The molecule has 154 valence electrons. The summed E-state index contributed by atoms with van der Waals surface area (Å²) in [6.07, 6.45) is 8.92. The predicted molar refractivity (Wildman–Crippen MR) is 108 cm³/mol. The number of halogens is 1. The van der Waals surface area contributed by atoms with Gasteiger partial charge in [0.05, 0.1) is 36.6 Å². The first-order valence-corrected chi connectivity index (χ1v) is 10.2. The van der Waals surface area contributed by atoms with Crippen LogP contribution in [0.25, 0.3) is 5.69 Å². The molecule has 0 spiro atoms. The molecular formula is C21H32FN5O. The van der Waals surface area contributed by atoms with Crippen molar-refractivity contribution in [3.8, 4) is 11.4 Å². The lowest BCUT2D eigenvalue weighted by Gasteiger charge is -2.43. The number of aromatic nitrogens is 4. The Bertz CT molecular complexity index is 761. The van der Waals surface area contributed by atoms with Gasteiger partial charge < -0.3 is 4.74 Å². The maximum absolute atomic E-state index is 12.4. The molecule has 3 heterocycles. The minimum absolute atomic E-state index is 0.139. The topological polar surface area (TPSA) is 56.1 Å². The molecule has 6 nitrogen and oxygen atoms in total. The van der Waals surface area contributed by atoms with Gasteiger partial charge in [-0.15, -0.1) is 5.10 Å². The maximum Gasteiger partial charge on any atom is 0.139 e. The van der Waals surface area contributed by atoms with Crippen molar-refractivity contribution < 1.29 is 9.13 Å². The molecule has 7 heteroatoms. The fourth-order valence-corrected chi connectivity index (χ4v) is 3.61. The van der Waals surface area contributed by atoms with Crippen LogP contribution in [0.4, 0.5) is 4.39 Å². The number of likely N-dealkylation sites (tertiary alicyclic amines) is 1. The molecule has 0 bridgehead atoms. The second-order valence-corrected chi connectivity index (χ2v) is 8.54. The highest BCUT2D eigenvalue weighted by atomic mass is 19.1. The zero-order chi connectivity index (χ0) is 20.1.